The van der Waals surface area contributed by atoms with E-state index in [1.54, 1.807) is 0 Å². The number of carbonyl (C=O) groups excluding carboxylic acids is 2. The van der Waals surface area contributed by atoms with E-state index < -0.39 is 15.9 Å². The van der Waals surface area contributed by atoms with E-state index in [-0.39, 0.29) is 41.9 Å². The molecule has 0 saturated carbocycles. The number of anilines is 1. The smallest absolute Gasteiger partial charge is 0.271 e. The van der Waals surface area contributed by atoms with E-state index in [1.165, 1.54) is 5.01 Å². The van der Waals surface area contributed by atoms with Gasteiger partial charge in [0.05, 0.1) is 17.5 Å². The van der Waals surface area contributed by atoms with Crippen LogP contribution in [-0.4, -0.2) is 48.5 Å². The second kappa shape index (κ2) is 7.19. The molecule has 2 aliphatic heterocycles. The summed E-state index contributed by atoms with van der Waals surface area (Å²) in [5, 5.41) is 8.34. The molecule has 2 aliphatic rings. The van der Waals surface area contributed by atoms with Gasteiger partial charge in [-0.05, 0) is 30.9 Å². The highest BCUT2D eigenvalue weighted by atomic mass is 32.2. The molecule has 8 heteroatoms. The lowest BCUT2D eigenvalue weighted by Gasteiger charge is -2.27. The standard InChI is InChI=1S/C18H23N3O4S/c1-3-13-6-4-5-12(2)17(13)19-18(23)15-7-8-16(22)21(20-15)14-9-10-26(24,25)11-14/h4-6,14H,3,7-11H2,1-2H3,(H,19,23). The zero-order chi connectivity index (χ0) is 18.9. The van der Waals surface area contributed by atoms with E-state index in [2.05, 4.69) is 10.4 Å². The van der Waals surface area contributed by atoms with Crippen LogP contribution in [0.5, 0.6) is 0 Å². The number of sulfone groups is 1. The number of amides is 2. The monoisotopic (exact) mass is 377 g/mol. The van der Waals surface area contributed by atoms with E-state index in [1.807, 2.05) is 32.0 Å². The van der Waals surface area contributed by atoms with Gasteiger partial charge in [0.2, 0.25) is 5.91 Å². The Morgan fingerprint density at radius 1 is 1.35 bits per heavy atom. The zero-order valence-corrected chi connectivity index (χ0v) is 15.8. The van der Waals surface area contributed by atoms with Crippen molar-refractivity contribution in [3.63, 3.8) is 0 Å². The molecule has 0 aromatic heterocycles. The Balaban J connectivity index is 1.81. The van der Waals surface area contributed by atoms with E-state index in [9.17, 15) is 18.0 Å². The van der Waals surface area contributed by atoms with Crippen molar-refractivity contribution in [2.45, 2.75) is 45.6 Å². The Morgan fingerprint density at radius 2 is 2.12 bits per heavy atom. The van der Waals surface area contributed by atoms with E-state index in [0.717, 1.165) is 23.2 Å². The number of hydrogen-bond acceptors (Lipinski definition) is 5. The van der Waals surface area contributed by atoms with Crippen LogP contribution < -0.4 is 5.32 Å². The third-order valence-electron chi connectivity index (χ3n) is 4.85. The second-order valence-electron chi connectivity index (χ2n) is 6.76. The van der Waals surface area contributed by atoms with Gasteiger partial charge >= 0.3 is 0 Å². The molecule has 0 spiro atoms. The number of benzene rings is 1. The van der Waals surface area contributed by atoms with Gasteiger partial charge in [0.15, 0.2) is 9.84 Å². The fourth-order valence-corrected chi connectivity index (χ4v) is 5.07. The Morgan fingerprint density at radius 3 is 2.77 bits per heavy atom. The van der Waals surface area contributed by atoms with Crippen LogP contribution >= 0.6 is 0 Å². The lowest BCUT2D eigenvalue weighted by Crippen LogP contribution is -2.42. The van der Waals surface area contributed by atoms with Gasteiger partial charge in [-0.1, -0.05) is 25.1 Å². The van der Waals surface area contributed by atoms with Gasteiger partial charge in [-0.3, -0.25) is 9.59 Å². The number of nitrogens with zero attached hydrogens (tertiary/aromatic N) is 2. The van der Waals surface area contributed by atoms with Crippen LogP contribution in [0.25, 0.3) is 0 Å². The molecule has 1 saturated heterocycles. The van der Waals surface area contributed by atoms with Crippen molar-refractivity contribution < 1.29 is 18.0 Å². The van der Waals surface area contributed by atoms with Gasteiger partial charge in [0.25, 0.3) is 5.91 Å². The molecular formula is C18H23N3O4S. The maximum Gasteiger partial charge on any atom is 0.271 e. The predicted molar refractivity (Wildman–Crippen MR) is 99.8 cm³/mol. The van der Waals surface area contributed by atoms with Gasteiger partial charge < -0.3 is 5.32 Å². The minimum absolute atomic E-state index is 0.0571. The molecule has 2 amide bonds. The van der Waals surface area contributed by atoms with Crippen LogP contribution in [0, 0.1) is 6.92 Å². The van der Waals surface area contributed by atoms with E-state index in [0.29, 0.717) is 6.42 Å². The lowest BCUT2D eigenvalue weighted by atomic mass is 10.0. The third-order valence-corrected chi connectivity index (χ3v) is 6.60. The fourth-order valence-electron chi connectivity index (χ4n) is 3.38. The number of carbonyl (C=O) groups is 2. The third kappa shape index (κ3) is 3.80. The van der Waals surface area contributed by atoms with Crippen LogP contribution in [0.3, 0.4) is 0 Å². The maximum atomic E-state index is 12.7. The summed E-state index contributed by atoms with van der Waals surface area (Å²) in [5.41, 5.74) is 3.03. The summed E-state index contributed by atoms with van der Waals surface area (Å²) in [4.78, 5) is 24.8. The summed E-state index contributed by atoms with van der Waals surface area (Å²) in [6, 6.07) is 5.37. The van der Waals surface area contributed by atoms with Crippen LogP contribution in [0.15, 0.2) is 23.3 Å². The van der Waals surface area contributed by atoms with Crippen LogP contribution in [-0.2, 0) is 25.8 Å². The highest BCUT2D eigenvalue weighted by Crippen LogP contribution is 2.24. The number of hydrogen-bond donors (Lipinski definition) is 1. The molecule has 3 rings (SSSR count). The van der Waals surface area contributed by atoms with Crippen molar-refractivity contribution >= 4 is 33.1 Å². The van der Waals surface area contributed by atoms with Crippen molar-refractivity contribution in [1.82, 2.24) is 5.01 Å². The molecule has 1 unspecified atom stereocenters. The molecule has 1 fully saturated rings. The number of nitrogens with one attached hydrogen (secondary N) is 1. The van der Waals surface area contributed by atoms with Crippen molar-refractivity contribution in [3.8, 4) is 0 Å². The first-order valence-electron chi connectivity index (χ1n) is 8.80. The Kier molecular flexibility index (Phi) is 5.13. The molecule has 7 nitrogen and oxygen atoms in total. The molecule has 1 atom stereocenters. The van der Waals surface area contributed by atoms with Crippen LogP contribution in [0.4, 0.5) is 5.69 Å². The van der Waals surface area contributed by atoms with E-state index >= 15 is 0 Å². The summed E-state index contributed by atoms with van der Waals surface area (Å²) < 4.78 is 23.4. The summed E-state index contributed by atoms with van der Waals surface area (Å²) in [6.45, 7) is 3.94. The maximum absolute atomic E-state index is 12.7. The Bertz CT molecular complexity index is 876. The number of aryl methyl sites for hydroxylation is 2. The minimum atomic E-state index is -3.13. The summed E-state index contributed by atoms with van der Waals surface area (Å²) in [5.74, 6) is -0.600. The topological polar surface area (TPSA) is 95.9 Å². The van der Waals surface area contributed by atoms with Gasteiger partial charge in [-0.25, -0.2) is 13.4 Å². The highest BCUT2D eigenvalue weighted by molar-refractivity contribution is 7.91. The average Bonchev–Trinajstić information content (AvgIpc) is 2.96. The predicted octanol–water partition coefficient (Wildman–Crippen LogP) is 1.66. The largest absolute Gasteiger partial charge is 0.320 e. The molecule has 0 aliphatic carbocycles. The molecule has 26 heavy (non-hydrogen) atoms. The molecule has 2 heterocycles. The molecule has 140 valence electrons. The first-order valence-corrected chi connectivity index (χ1v) is 10.6. The molecule has 1 aromatic carbocycles. The van der Waals surface area contributed by atoms with Crippen molar-refractivity contribution in [2.75, 3.05) is 16.8 Å². The first kappa shape index (κ1) is 18.6. The highest BCUT2D eigenvalue weighted by Gasteiger charge is 2.37. The fraction of sp³-hybridized carbons (Fsp3) is 0.500. The lowest BCUT2D eigenvalue weighted by molar-refractivity contribution is -0.133. The Labute approximate surface area is 153 Å². The van der Waals surface area contributed by atoms with Crippen LogP contribution in [0.1, 0.15) is 37.3 Å². The van der Waals surface area contributed by atoms with Crippen molar-refractivity contribution in [1.29, 1.82) is 0 Å². The first-order chi connectivity index (χ1) is 12.3. The van der Waals surface area contributed by atoms with E-state index in [4.69, 9.17) is 0 Å². The van der Waals surface area contributed by atoms with Crippen molar-refractivity contribution in [2.24, 2.45) is 5.10 Å². The quantitative estimate of drug-likeness (QED) is 0.863. The molecular weight excluding hydrogens is 354 g/mol. The van der Waals surface area contributed by atoms with Crippen LogP contribution in [0.2, 0.25) is 0 Å². The summed E-state index contributed by atoms with van der Waals surface area (Å²) >= 11 is 0. The zero-order valence-electron chi connectivity index (χ0n) is 15.0. The van der Waals surface area contributed by atoms with Gasteiger partial charge in [-0.15, -0.1) is 0 Å². The summed E-state index contributed by atoms with van der Waals surface area (Å²) in [6.07, 6.45) is 1.57. The number of rotatable bonds is 4. The minimum Gasteiger partial charge on any atom is -0.320 e. The second-order valence-corrected chi connectivity index (χ2v) is 8.99. The molecule has 1 aromatic rings. The number of hydrazone groups is 1. The van der Waals surface area contributed by atoms with Gasteiger partial charge in [0.1, 0.15) is 5.71 Å². The summed E-state index contributed by atoms with van der Waals surface area (Å²) in [7, 11) is -3.13. The molecule has 0 bridgehead atoms. The SMILES string of the molecule is CCc1cccc(C)c1NC(=O)C1=NN(C2CCS(=O)(=O)C2)C(=O)CC1. The Hall–Kier alpha value is -2.22. The normalized spacial score (nSPS) is 22.2. The molecule has 1 N–H and O–H groups in total. The van der Waals surface area contributed by atoms with Gasteiger partial charge in [-0.2, -0.15) is 5.10 Å². The van der Waals surface area contributed by atoms with Crippen molar-refractivity contribution in [3.05, 3.63) is 29.3 Å². The average molecular weight is 377 g/mol. The molecule has 0 radical (unpaired) electrons. The number of para-hydroxylation sites is 1. The van der Waals surface area contributed by atoms with Gasteiger partial charge in [0, 0.05) is 18.5 Å².